The van der Waals surface area contributed by atoms with E-state index in [1.165, 1.54) is 14.2 Å². The molecule has 2 heterocycles. The van der Waals surface area contributed by atoms with E-state index in [9.17, 15) is 19.7 Å². The maximum Gasteiger partial charge on any atom is 0.324 e. The molecule has 33 heavy (non-hydrogen) atoms. The highest BCUT2D eigenvalue weighted by Gasteiger charge is 2.36. The molecule has 16 heteroatoms. The Hall–Kier alpha value is -0.240. The Morgan fingerprint density at radius 2 is 2.15 bits per heavy atom. The first-order valence-corrected chi connectivity index (χ1v) is 15.7. The minimum absolute atomic E-state index is 0.0147. The van der Waals surface area contributed by atoms with E-state index >= 15 is 0 Å². The largest absolute Gasteiger partial charge is 0.459 e. The van der Waals surface area contributed by atoms with Crippen LogP contribution in [0.15, 0.2) is 6.20 Å². The van der Waals surface area contributed by atoms with Gasteiger partial charge in [0.05, 0.1) is 31.6 Å². The summed E-state index contributed by atoms with van der Waals surface area (Å²) in [5.74, 6) is -0.107. The molecule has 4 atom stereocenters. The van der Waals surface area contributed by atoms with E-state index in [1.807, 2.05) is 6.20 Å². The number of amides is 1. The van der Waals surface area contributed by atoms with Crippen LogP contribution < -0.4 is 0 Å². The van der Waals surface area contributed by atoms with E-state index in [0.29, 0.717) is 38.8 Å². The average molecular weight is 547 g/mol. The van der Waals surface area contributed by atoms with Gasteiger partial charge in [0.2, 0.25) is 5.91 Å². The second kappa shape index (κ2) is 13.7. The zero-order chi connectivity index (χ0) is 24.5. The molecule has 0 saturated carbocycles. The molecule has 0 spiro atoms. The summed E-state index contributed by atoms with van der Waals surface area (Å²) in [5.41, 5.74) is 0.828. The normalized spacial score (nSPS) is 22.3. The SMILES string of the molecule is COP(O)(=S)OCCCCc1cn(CCCC(=O)N2C[C@@H](O)C[C@H]2CO[P+](O)([S-])OC)nn1. The lowest BCUT2D eigenvalue weighted by Gasteiger charge is -2.26. The summed E-state index contributed by atoms with van der Waals surface area (Å²) in [4.78, 5) is 33.5. The number of hydrogen-bond acceptors (Lipinski definition) is 11. The van der Waals surface area contributed by atoms with Gasteiger partial charge in [-0.25, -0.2) is 9.42 Å². The number of β-amino-alcohol motifs (C(OH)–C–C–N with tert-alkyl or cyclic N) is 1. The number of carbonyl (C=O) groups excluding carboxylic acids is 1. The van der Waals surface area contributed by atoms with E-state index in [1.54, 1.807) is 9.58 Å². The van der Waals surface area contributed by atoms with Crippen molar-refractivity contribution in [3.63, 3.8) is 0 Å². The summed E-state index contributed by atoms with van der Waals surface area (Å²) in [5, 5.41) is 18.2. The van der Waals surface area contributed by atoms with Gasteiger partial charge < -0.3 is 36.2 Å². The zero-order valence-corrected chi connectivity index (χ0v) is 22.1. The van der Waals surface area contributed by atoms with E-state index in [4.69, 9.17) is 42.2 Å². The summed E-state index contributed by atoms with van der Waals surface area (Å²) in [7, 11) is -0.729. The van der Waals surface area contributed by atoms with E-state index in [2.05, 4.69) is 10.3 Å². The summed E-state index contributed by atoms with van der Waals surface area (Å²) in [6.45, 7) is -2.02. The minimum atomic E-state index is -3.31. The lowest BCUT2D eigenvalue weighted by Crippen LogP contribution is -2.38. The predicted octanol–water partition coefficient (Wildman–Crippen LogP) is 1.10. The average Bonchev–Trinajstić information content (AvgIpc) is 3.38. The fourth-order valence-electron chi connectivity index (χ4n) is 3.33. The molecule has 190 valence electrons. The third-order valence-corrected chi connectivity index (χ3v) is 8.48. The van der Waals surface area contributed by atoms with Crippen LogP contribution in [0.3, 0.4) is 0 Å². The summed E-state index contributed by atoms with van der Waals surface area (Å²) in [6, 6.07) is -0.359. The molecule has 1 aromatic heterocycles. The van der Waals surface area contributed by atoms with Crippen LogP contribution in [-0.4, -0.2) is 86.8 Å². The molecule has 12 nitrogen and oxygen atoms in total. The van der Waals surface area contributed by atoms with Gasteiger partial charge in [-0.3, -0.25) is 9.48 Å². The fourth-order valence-corrected chi connectivity index (χ4v) is 4.66. The first-order valence-electron chi connectivity index (χ1n) is 10.5. The van der Waals surface area contributed by atoms with Crippen LogP contribution in [0.2, 0.25) is 0 Å². The van der Waals surface area contributed by atoms with Gasteiger partial charge in [-0.2, -0.15) is 4.52 Å². The Kier molecular flexibility index (Phi) is 12.1. The van der Waals surface area contributed by atoms with Gasteiger partial charge in [-0.05, 0) is 43.9 Å². The smallest absolute Gasteiger partial charge is 0.324 e. The van der Waals surface area contributed by atoms with Crippen molar-refractivity contribution in [3.05, 3.63) is 11.9 Å². The number of nitrogens with zero attached hydrogens (tertiary/aromatic N) is 4. The molecule has 1 aliphatic heterocycles. The van der Waals surface area contributed by atoms with Crippen LogP contribution in [0.1, 0.15) is 37.8 Å². The highest BCUT2D eigenvalue weighted by molar-refractivity contribution is 8.35. The van der Waals surface area contributed by atoms with E-state index in [0.717, 1.165) is 12.1 Å². The van der Waals surface area contributed by atoms with Crippen molar-refractivity contribution in [1.82, 2.24) is 19.9 Å². The van der Waals surface area contributed by atoms with Gasteiger partial charge in [0.15, 0.2) is 0 Å². The first kappa shape index (κ1) is 29.0. The number of unbranched alkanes of at least 4 members (excludes halogenated alkanes) is 1. The Morgan fingerprint density at radius 1 is 1.39 bits per heavy atom. The van der Waals surface area contributed by atoms with Crippen molar-refractivity contribution in [2.45, 2.75) is 57.2 Å². The van der Waals surface area contributed by atoms with E-state index in [-0.39, 0.29) is 31.5 Å². The Bertz CT molecular complexity index is 803. The van der Waals surface area contributed by atoms with Crippen molar-refractivity contribution in [3.8, 4) is 0 Å². The Labute approximate surface area is 204 Å². The molecular formula is C17H32N4O8P2S2. The molecule has 0 aromatic carbocycles. The van der Waals surface area contributed by atoms with Crippen LogP contribution in [0.25, 0.3) is 0 Å². The number of likely N-dealkylation sites (tertiary alicyclic amines) is 1. The molecule has 1 saturated heterocycles. The van der Waals surface area contributed by atoms with Gasteiger partial charge in [0, 0.05) is 32.8 Å². The van der Waals surface area contributed by atoms with Crippen LogP contribution in [0.4, 0.5) is 0 Å². The predicted molar refractivity (Wildman–Crippen MR) is 127 cm³/mol. The molecule has 1 amide bonds. The molecule has 1 aliphatic rings. The molecule has 3 N–H and O–H groups in total. The number of rotatable bonds is 15. The number of aliphatic hydroxyl groups is 1. The molecule has 1 aromatic rings. The van der Waals surface area contributed by atoms with Gasteiger partial charge in [-0.1, -0.05) is 5.21 Å². The van der Waals surface area contributed by atoms with Crippen molar-refractivity contribution >= 4 is 43.8 Å². The van der Waals surface area contributed by atoms with Crippen molar-refractivity contribution < 1.29 is 37.8 Å². The van der Waals surface area contributed by atoms with Crippen molar-refractivity contribution in [1.29, 1.82) is 0 Å². The van der Waals surface area contributed by atoms with Gasteiger partial charge in [0.1, 0.15) is 6.61 Å². The number of hydrogen-bond donors (Lipinski definition) is 3. The Morgan fingerprint density at radius 3 is 2.85 bits per heavy atom. The second-order valence-corrected chi connectivity index (χ2v) is 13.4. The van der Waals surface area contributed by atoms with Crippen molar-refractivity contribution in [2.24, 2.45) is 0 Å². The molecule has 0 aliphatic carbocycles. The lowest BCUT2D eigenvalue weighted by molar-refractivity contribution is -0.133. The highest BCUT2D eigenvalue weighted by Crippen LogP contribution is 2.53. The molecule has 1 fully saturated rings. The monoisotopic (exact) mass is 546 g/mol. The zero-order valence-electron chi connectivity index (χ0n) is 18.7. The molecular weight excluding hydrogens is 514 g/mol. The molecule has 0 radical (unpaired) electrons. The highest BCUT2D eigenvalue weighted by atomic mass is 32.7. The van der Waals surface area contributed by atoms with E-state index < -0.39 is 20.0 Å². The van der Waals surface area contributed by atoms with Crippen LogP contribution in [-0.2, 0) is 59.9 Å². The summed E-state index contributed by atoms with van der Waals surface area (Å²) >= 11 is 9.58. The fraction of sp³-hybridized carbons (Fsp3) is 0.824. The molecule has 2 unspecified atom stereocenters. The second-order valence-electron chi connectivity index (χ2n) is 7.55. The third kappa shape index (κ3) is 10.5. The van der Waals surface area contributed by atoms with Crippen LogP contribution >= 0.6 is 13.9 Å². The lowest BCUT2D eigenvalue weighted by atomic mass is 10.2. The van der Waals surface area contributed by atoms with Gasteiger partial charge in [0.25, 0.3) is 7.15 Å². The maximum absolute atomic E-state index is 12.6. The first-order chi connectivity index (χ1) is 15.5. The maximum atomic E-state index is 12.6. The minimum Gasteiger partial charge on any atom is -0.459 e. The van der Waals surface area contributed by atoms with Gasteiger partial charge >= 0.3 is 6.72 Å². The quantitative estimate of drug-likeness (QED) is 0.164. The number of carbonyl (C=O) groups is 1. The number of aryl methyl sites for hydroxylation is 2. The summed E-state index contributed by atoms with van der Waals surface area (Å²) in [6.07, 6.45) is 4.60. The standard InChI is InChI=1S/C17H32N4O8P2S2/c1-26-30(24,32)28-9-4-3-6-14-11-20(19-18-14)8-5-7-17(23)21-12-16(22)10-15(21)13-29-31(25,33)27-2/h11,15-16,22H,3-10,12-13H2,1-2H3,(H,24,32)(H,25,33)/t15-,16-,30?,31?/m0/s1. The topological polar surface area (TPSA) is 149 Å². The summed E-state index contributed by atoms with van der Waals surface area (Å²) < 4.78 is 21.5. The Balaban J connectivity index is 1.69. The van der Waals surface area contributed by atoms with Gasteiger partial charge in [-0.15, -0.1) is 5.10 Å². The number of aromatic nitrogens is 3. The van der Waals surface area contributed by atoms with Crippen LogP contribution in [0.5, 0.6) is 0 Å². The number of aliphatic hydroxyl groups excluding tert-OH is 1. The molecule has 2 rings (SSSR count). The third-order valence-electron chi connectivity index (χ3n) is 5.05. The van der Waals surface area contributed by atoms with Crippen LogP contribution in [0, 0.1) is 0 Å². The molecule has 0 bridgehead atoms. The van der Waals surface area contributed by atoms with Crippen molar-refractivity contribution in [2.75, 3.05) is 34.0 Å².